The Hall–Kier alpha value is -9.39. The van der Waals surface area contributed by atoms with Gasteiger partial charge in [0.2, 0.25) is 0 Å². The van der Waals surface area contributed by atoms with Crippen LogP contribution in [0.3, 0.4) is 0 Å². The van der Waals surface area contributed by atoms with Crippen LogP contribution < -0.4 is 0 Å². The van der Waals surface area contributed by atoms with Crippen LogP contribution in [0.4, 0.5) is 0 Å². The van der Waals surface area contributed by atoms with E-state index in [1.807, 2.05) is 36.4 Å². The molecule has 0 radical (unpaired) electrons. The van der Waals surface area contributed by atoms with Gasteiger partial charge in [0.1, 0.15) is 11.2 Å². The van der Waals surface area contributed by atoms with Crippen molar-refractivity contribution in [2.75, 3.05) is 0 Å². The molecule has 6 heteroatoms. The molecule has 0 fully saturated rings. The number of para-hydroxylation sites is 4. The van der Waals surface area contributed by atoms with E-state index < -0.39 is 0 Å². The summed E-state index contributed by atoms with van der Waals surface area (Å²) in [5, 5.41) is 6.91. The first-order chi connectivity index (χ1) is 34.2. The first kappa shape index (κ1) is 38.8. The number of aromatic nitrogens is 5. The number of nitrogens with zero attached hydrogens (tertiary/aromatic N) is 5. The normalized spacial score (nSPS) is 11.8. The lowest BCUT2D eigenvalue weighted by Gasteiger charge is -2.12. The molecule has 4 heterocycles. The molecule has 14 rings (SSSR count). The van der Waals surface area contributed by atoms with Gasteiger partial charge in [0.05, 0.1) is 22.1 Å². The van der Waals surface area contributed by atoms with Gasteiger partial charge < -0.3 is 13.6 Å². The van der Waals surface area contributed by atoms with Crippen LogP contribution in [0.15, 0.2) is 241 Å². The quantitative estimate of drug-likeness (QED) is 0.160. The Bertz CT molecular complexity index is 4320. The van der Waals surface area contributed by atoms with Crippen LogP contribution in [0.1, 0.15) is 0 Å². The number of furan rings is 1. The van der Waals surface area contributed by atoms with Gasteiger partial charge in [0.15, 0.2) is 17.5 Å². The van der Waals surface area contributed by atoms with Crippen molar-refractivity contribution in [1.29, 1.82) is 0 Å². The molecule has 0 saturated heterocycles. The first-order valence-electron chi connectivity index (χ1n) is 23.3. The van der Waals surface area contributed by atoms with E-state index >= 15 is 0 Å². The Kier molecular flexibility index (Phi) is 8.79. The summed E-state index contributed by atoms with van der Waals surface area (Å²) in [6, 6.07) is 83.5. The summed E-state index contributed by atoms with van der Waals surface area (Å²) in [4.78, 5) is 15.7. The van der Waals surface area contributed by atoms with Gasteiger partial charge in [-0.1, -0.05) is 146 Å². The summed E-state index contributed by atoms with van der Waals surface area (Å²) in [6.07, 6.45) is 0. The molecule has 0 bridgehead atoms. The second kappa shape index (κ2) is 15.6. The molecule has 0 unspecified atom stereocenters. The highest BCUT2D eigenvalue weighted by Gasteiger charge is 2.19. The van der Waals surface area contributed by atoms with Crippen molar-refractivity contribution >= 4 is 65.6 Å². The molecule has 0 amide bonds. The zero-order valence-electron chi connectivity index (χ0n) is 37.2. The molecule has 0 N–H and O–H groups in total. The standard InChI is InChI=1S/C63H39N5O/c1-3-15-40(16-4-1)41-17-13-18-44(35-41)61-64-62(66-63(65-61)46-31-34-60-54(39-46)51-25-9-12-28-59(51)69-60)45-19-14-22-48(36-45)68-56-27-11-8-24-50(56)53-38-43(30-33-58(53)68)42-29-32-57-52(37-42)49-23-7-10-26-55(49)67(57)47-20-5-2-6-21-47/h1-39H. The molecule has 10 aromatic carbocycles. The summed E-state index contributed by atoms with van der Waals surface area (Å²) < 4.78 is 10.9. The summed E-state index contributed by atoms with van der Waals surface area (Å²) >= 11 is 0. The summed E-state index contributed by atoms with van der Waals surface area (Å²) in [6.45, 7) is 0. The number of hydrogen-bond acceptors (Lipinski definition) is 4. The molecule has 322 valence electrons. The Labute approximate surface area is 396 Å². The van der Waals surface area contributed by atoms with Gasteiger partial charge >= 0.3 is 0 Å². The minimum atomic E-state index is 0.588. The topological polar surface area (TPSA) is 61.7 Å². The fourth-order valence-electron chi connectivity index (χ4n) is 10.3. The van der Waals surface area contributed by atoms with Crippen LogP contribution in [0.2, 0.25) is 0 Å². The molecule has 0 aliphatic carbocycles. The first-order valence-corrected chi connectivity index (χ1v) is 23.3. The number of fused-ring (bicyclic) bond motifs is 9. The Morgan fingerprint density at radius 3 is 1.33 bits per heavy atom. The molecule has 69 heavy (non-hydrogen) atoms. The van der Waals surface area contributed by atoms with Gasteiger partial charge in [-0.3, -0.25) is 0 Å². The SMILES string of the molecule is c1ccc(-c2cccc(-c3nc(-c4cccc(-n5c6ccccc6c6cc(-c7ccc8c(c7)c7ccccc7n8-c7ccccc7)ccc65)c4)nc(-c4ccc5oc6ccccc6c5c4)n3)c2)cc1. The van der Waals surface area contributed by atoms with Gasteiger partial charge in [-0.05, 0) is 113 Å². The minimum absolute atomic E-state index is 0.588. The van der Waals surface area contributed by atoms with Crippen LogP contribution in [-0.2, 0) is 0 Å². The van der Waals surface area contributed by atoms with Crippen molar-refractivity contribution in [3.63, 3.8) is 0 Å². The maximum Gasteiger partial charge on any atom is 0.164 e. The van der Waals surface area contributed by atoms with Gasteiger partial charge in [-0.15, -0.1) is 0 Å². The molecule has 0 atom stereocenters. The van der Waals surface area contributed by atoms with Crippen molar-refractivity contribution in [2.45, 2.75) is 0 Å². The van der Waals surface area contributed by atoms with Crippen molar-refractivity contribution < 1.29 is 4.42 Å². The van der Waals surface area contributed by atoms with Crippen molar-refractivity contribution in [3.8, 4) is 67.8 Å². The molecular formula is C63H39N5O. The van der Waals surface area contributed by atoms with Crippen molar-refractivity contribution in [3.05, 3.63) is 237 Å². The predicted molar refractivity (Wildman–Crippen MR) is 283 cm³/mol. The van der Waals surface area contributed by atoms with Crippen LogP contribution in [0, 0.1) is 0 Å². The molecule has 0 saturated carbocycles. The third-order valence-electron chi connectivity index (χ3n) is 13.6. The molecule has 14 aromatic rings. The van der Waals surface area contributed by atoms with Crippen molar-refractivity contribution in [1.82, 2.24) is 24.1 Å². The van der Waals surface area contributed by atoms with Gasteiger partial charge in [-0.2, -0.15) is 0 Å². The van der Waals surface area contributed by atoms with Crippen LogP contribution >= 0.6 is 0 Å². The fourth-order valence-corrected chi connectivity index (χ4v) is 10.3. The van der Waals surface area contributed by atoms with E-state index in [1.54, 1.807) is 0 Å². The van der Waals surface area contributed by atoms with Gasteiger partial charge in [-0.25, -0.2) is 15.0 Å². The fraction of sp³-hybridized carbons (Fsp3) is 0. The molecule has 6 nitrogen and oxygen atoms in total. The second-order valence-corrected chi connectivity index (χ2v) is 17.6. The molecule has 0 aliphatic rings. The molecule has 0 aliphatic heterocycles. The highest BCUT2D eigenvalue weighted by molar-refractivity contribution is 6.13. The maximum atomic E-state index is 6.21. The number of hydrogen-bond donors (Lipinski definition) is 0. The van der Waals surface area contributed by atoms with E-state index in [0.29, 0.717) is 17.5 Å². The lowest BCUT2D eigenvalue weighted by atomic mass is 10.0. The Balaban J connectivity index is 0.904. The van der Waals surface area contributed by atoms with E-state index in [1.165, 1.54) is 43.7 Å². The zero-order valence-corrected chi connectivity index (χ0v) is 37.2. The number of benzene rings is 10. The lowest BCUT2D eigenvalue weighted by molar-refractivity contribution is 0.669. The van der Waals surface area contributed by atoms with Crippen LogP contribution in [0.5, 0.6) is 0 Å². The van der Waals surface area contributed by atoms with Crippen LogP contribution in [0.25, 0.3) is 133 Å². The zero-order chi connectivity index (χ0) is 45.4. The second-order valence-electron chi connectivity index (χ2n) is 17.6. The minimum Gasteiger partial charge on any atom is -0.456 e. The average molecular weight is 882 g/mol. The monoisotopic (exact) mass is 881 g/mol. The highest BCUT2D eigenvalue weighted by Crippen LogP contribution is 2.40. The average Bonchev–Trinajstić information content (AvgIpc) is 4.08. The largest absolute Gasteiger partial charge is 0.456 e. The summed E-state index contributed by atoms with van der Waals surface area (Å²) in [7, 11) is 0. The Morgan fingerprint density at radius 1 is 0.246 bits per heavy atom. The molecular weight excluding hydrogens is 843 g/mol. The Morgan fingerprint density at radius 2 is 0.667 bits per heavy atom. The van der Waals surface area contributed by atoms with Gasteiger partial charge in [0, 0.05) is 60.4 Å². The van der Waals surface area contributed by atoms with E-state index in [-0.39, 0.29) is 0 Å². The maximum absolute atomic E-state index is 6.21. The van der Waals surface area contributed by atoms with E-state index in [9.17, 15) is 0 Å². The highest BCUT2D eigenvalue weighted by atomic mass is 16.3. The van der Waals surface area contributed by atoms with E-state index in [2.05, 4.69) is 209 Å². The smallest absolute Gasteiger partial charge is 0.164 e. The molecule has 4 aromatic heterocycles. The van der Waals surface area contributed by atoms with Crippen molar-refractivity contribution in [2.24, 2.45) is 0 Å². The van der Waals surface area contributed by atoms with E-state index in [0.717, 1.165) is 72.2 Å². The van der Waals surface area contributed by atoms with Crippen LogP contribution in [-0.4, -0.2) is 24.1 Å². The predicted octanol–water partition coefficient (Wildman–Crippen LogP) is 16.3. The van der Waals surface area contributed by atoms with Gasteiger partial charge in [0.25, 0.3) is 0 Å². The third-order valence-corrected chi connectivity index (χ3v) is 13.6. The lowest BCUT2D eigenvalue weighted by Crippen LogP contribution is -2.01. The summed E-state index contributed by atoms with van der Waals surface area (Å²) in [5.41, 5.74) is 15.7. The van der Waals surface area contributed by atoms with E-state index in [4.69, 9.17) is 19.4 Å². The third kappa shape index (κ3) is 6.45. The molecule has 0 spiro atoms. The number of rotatable bonds is 7. The summed E-state index contributed by atoms with van der Waals surface area (Å²) in [5.74, 6) is 1.78.